The van der Waals surface area contributed by atoms with Crippen LogP contribution in [0.5, 0.6) is 0 Å². The highest BCUT2D eigenvalue weighted by atomic mass is 16.6. The first kappa shape index (κ1) is 14.7. The Morgan fingerprint density at radius 1 is 1.33 bits per heavy atom. The second-order valence-electron chi connectivity index (χ2n) is 6.77. The average molecular weight is 294 g/mol. The van der Waals surface area contributed by atoms with Crippen LogP contribution in [-0.4, -0.2) is 55.1 Å². The van der Waals surface area contributed by atoms with E-state index in [1.54, 1.807) is 9.80 Å². The summed E-state index contributed by atoms with van der Waals surface area (Å²) in [4.78, 5) is 27.3. The number of rotatable bonds is 5. The van der Waals surface area contributed by atoms with Crippen LogP contribution in [0, 0.1) is 17.8 Å². The van der Waals surface area contributed by atoms with Crippen LogP contribution >= 0.6 is 0 Å². The molecule has 1 aliphatic heterocycles. The zero-order chi connectivity index (χ0) is 14.8. The SMILES string of the molecule is CN(CCN1CCOC1=O)C(=O)[C@H]1C[C@@H]1C1CCCCC1. The second kappa shape index (κ2) is 6.24. The molecule has 2 amide bonds. The standard InChI is InChI=1S/C16H26N2O3/c1-17(7-8-18-9-10-21-16(18)20)15(19)14-11-13(14)12-5-3-2-4-6-12/h12-14H,2-11H2,1H3/t13-,14+/m1/s1. The molecule has 0 aromatic rings. The topological polar surface area (TPSA) is 49.9 Å². The van der Waals surface area contributed by atoms with Gasteiger partial charge < -0.3 is 14.5 Å². The van der Waals surface area contributed by atoms with Gasteiger partial charge in [0.15, 0.2) is 0 Å². The van der Waals surface area contributed by atoms with E-state index in [4.69, 9.17) is 4.74 Å². The average Bonchev–Trinajstić information content (AvgIpc) is 3.21. The molecule has 1 saturated heterocycles. The van der Waals surface area contributed by atoms with Crippen molar-refractivity contribution in [2.75, 3.05) is 33.3 Å². The molecule has 0 unspecified atom stereocenters. The van der Waals surface area contributed by atoms with E-state index in [1.807, 2.05) is 7.05 Å². The maximum absolute atomic E-state index is 12.4. The van der Waals surface area contributed by atoms with Gasteiger partial charge in [-0.15, -0.1) is 0 Å². The smallest absolute Gasteiger partial charge is 0.409 e. The molecule has 0 N–H and O–H groups in total. The number of hydrogen-bond donors (Lipinski definition) is 0. The van der Waals surface area contributed by atoms with Gasteiger partial charge in [-0.2, -0.15) is 0 Å². The highest BCUT2D eigenvalue weighted by Gasteiger charge is 2.48. The Labute approximate surface area is 126 Å². The van der Waals surface area contributed by atoms with E-state index in [0.717, 1.165) is 12.3 Å². The predicted octanol–water partition coefficient (Wildman–Crippen LogP) is 2.11. The summed E-state index contributed by atoms with van der Waals surface area (Å²) in [6, 6.07) is 0. The second-order valence-corrected chi connectivity index (χ2v) is 6.77. The first-order valence-electron chi connectivity index (χ1n) is 8.33. The van der Waals surface area contributed by atoms with Crippen molar-refractivity contribution in [1.82, 2.24) is 9.80 Å². The largest absolute Gasteiger partial charge is 0.448 e. The van der Waals surface area contributed by atoms with Crippen LogP contribution in [0.2, 0.25) is 0 Å². The molecule has 3 fully saturated rings. The molecule has 1 heterocycles. The minimum atomic E-state index is -0.248. The first-order valence-corrected chi connectivity index (χ1v) is 8.33. The lowest BCUT2D eigenvalue weighted by molar-refractivity contribution is -0.131. The highest BCUT2D eigenvalue weighted by molar-refractivity contribution is 5.81. The van der Waals surface area contributed by atoms with E-state index in [1.165, 1.54) is 32.1 Å². The Morgan fingerprint density at radius 2 is 2.10 bits per heavy atom. The van der Waals surface area contributed by atoms with Gasteiger partial charge in [0, 0.05) is 26.1 Å². The predicted molar refractivity (Wildman–Crippen MR) is 78.7 cm³/mol. The van der Waals surface area contributed by atoms with Gasteiger partial charge in [-0.3, -0.25) is 4.79 Å². The van der Waals surface area contributed by atoms with E-state index in [-0.39, 0.29) is 17.9 Å². The minimum Gasteiger partial charge on any atom is -0.448 e. The summed E-state index contributed by atoms with van der Waals surface area (Å²) in [6.45, 7) is 2.32. The van der Waals surface area contributed by atoms with E-state index >= 15 is 0 Å². The van der Waals surface area contributed by atoms with Gasteiger partial charge in [0.1, 0.15) is 6.61 Å². The molecule has 0 bridgehead atoms. The van der Waals surface area contributed by atoms with E-state index in [2.05, 4.69) is 0 Å². The van der Waals surface area contributed by atoms with Gasteiger partial charge in [0.05, 0.1) is 6.54 Å². The first-order chi connectivity index (χ1) is 10.2. The quantitative estimate of drug-likeness (QED) is 0.780. The molecule has 5 nitrogen and oxygen atoms in total. The number of hydrogen-bond acceptors (Lipinski definition) is 3. The lowest BCUT2D eigenvalue weighted by atomic mass is 9.85. The van der Waals surface area contributed by atoms with E-state index in [0.29, 0.717) is 32.2 Å². The third-order valence-electron chi connectivity index (χ3n) is 5.34. The van der Waals surface area contributed by atoms with Gasteiger partial charge in [-0.1, -0.05) is 32.1 Å². The summed E-state index contributed by atoms with van der Waals surface area (Å²) in [5.74, 6) is 1.95. The van der Waals surface area contributed by atoms with Gasteiger partial charge in [-0.25, -0.2) is 4.79 Å². The number of nitrogens with zero attached hydrogens (tertiary/aromatic N) is 2. The monoisotopic (exact) mass is 294 g/mol. The van der Waals surface area contributed by atoms with Crippen LogP contribution in [0.1, 0.15) is 38.5 Å². The zero-order valence-corrected chi connectivity index (χ0v) is 12.9. The number of amides is 2. The molecule has 0 aromatic heterocycles. The fraction of sp³-hybridized carbons (Fsp3) is 0.875. The number of likely N-dealkylation sites (N-methyl/N-ethyl adjacent to an activating group) is 1. The summed E-state index contributed by atoms with van der Waals surface area (Å²) in [6.07, 6.45) is 7.52. The van der Waals surface area contributed by atoms with Crippen LogP contribution in [0.15, 0.2) is 0 Å². The Bertz CT molecular complexity index is 406. The minimum absolute atomic E-state index is 0.248. The summed E-state index contributed by atoms with van der Waals surface area (Å²) in [5, 5.41) is 0. The molecule has 3 rings (SSSR count). The summed E-state index contributed by atoms with van der Waals surface area (Å²) >= 11 is 0. The molecule has 3 aliphatic rings. The Morgan fingerprint density at radius 3 is 2.76 bits per heavy atom. The summed E-state index contributed by atoms with van der Waals surface area (Å²) in [7, 11) is 1.86. The fourth-order valence-corrected chi connectivity index (χ4v) is 3.87. The Balaban J connectivity index is 1.42. The number of ether oxygens (including phenoxy) is 1. The molecule has 21 heavy (non-hydrogen) atoms. The molecule has 5 heteroatoms. The fourth-order valence-electron chi connectivity index (χ4n) is 3.87. The third kappa shape index (κ3) is 3.33. The number of carbonyl (C=O) groups is 2. The van der Waals surface area contributed by atoms with Crippen LogP contribution < -0.4 is 0 Å². The van der Waals surface area contributed by atoms with Crippen LogP contribution in [0.25, 0.3) is 0 Å². The molecule has 2 atom stereocenters. The van der Waals surface area contributed by atoms with Crippen molar-refractivity contribution < 1.29 is 14.3 Å². The van der Waals surface area contributed by atoms with E-state index < -0.39 is 0 Å². The van der Waals surface area contributed by atoms with Crippen molar-refractivity contribution in [3.8, 4) is 0 Å². The van der Waals surface area contributed by atoms with Crippen LogP contribution in [0.4, 0.5) is 4.79 Å². The summed E-state index contributed by atoms with van der Waals surface area (Å²) in [5.41, 5.74) is 0. The Kier molecular flexibility index (Phi) is 4.36. The van der Waals surface area contributed by atoms with Crippen LogP contribution in [-0.2, 0) is 9.53 Å². The molecule has 2 saturated carbocycles. The van der Waals surface area contributed by atoms with Crippen molar-refractivity contribution in [1.29, 1.82) is 0 Å². The van der Waals surface area contributed by atoms with Crippen molar-refractivity contribution >= 4 is 12.0 Å². The number of cyclic esters (lactones) is 1. The third-order valence-corrected chi connectivity index (χ3v) is 5.34. The van der Waals surface area contributed by atoms with Gasteiger partial charge in [-0.05, 0) is 18.3 Å². The lowest BCUT2D eigenvalue weighted by Crippen LogP contribution is -2.37. The Hall–Kier alpha value is -1.26. The lowest BCUT2D eigenvalue weighted by Gasteiger charge is -2.23. The van der Waals surface area contributed by atoms with Gasteiger partial charge in [0.25, 0.3) is 0 Å². The molecule has 118 valence electrons. The molecule has 0 spiro atoms. The highest BCUT2D eigenvalue weighted by Crippen LogP contribution is 2.50. The molecule has 0 radical (unpaired) electrons. The van der Waals surface area contributed by atoms with Gasteiger partial charge >= 0.3 is 6.09 Å². The van der Waals surface area contributed by atoms with Gasteiger partial charge in [0.2, 0.25) is 5.91 Å². The normalized spacial score (nSPS) is 29.4. The zero-order valence-electron chi connectivity index (χ0n) is 12.9. The van der Waals surface area contributed by atoms with Crippen molar-refractivity contribution in [2.24, 2.45) is 17.8 Å². The maximum atomic E-state index is 12.4. The summed E-state index contributed by atoms with van der Waals surface area (Å²) < 4.78 is 4.90. The van der Waals surface area contributed by atoms with Crippen molar-refractivity contribution in [3.63, 3.8) is 0 Å². The number of carbonyl (C=O) groups excluding carboxylic acids is 2. The molecule has 2 aliphatic carbocycles. The van der Waals surface area contributed by atoms with Crippen molar-refractivity contribution in [3.05, 3.63) is 0 Å². The van der Waals surface area contributed by atoms with Crippen molar-refractivity contribution in [2.45, 2.75) is 38.5 Å². The van der Waals surface area contributed by atoms with Crippen LogP contribution in [0.3, 0.4) is 0 Å². The maximum Gasteiger partial charge on any atom is 0.409 e. The van der Waals surface area contributed by atoms with E-state index in [9.17, 15) is 9.59 Å². The molecular weight excluding hydrogens is 268 g/mol. The molecule has 0 aromatic carbocycles. The molecular formula is C16H26N2O3.